The normalized spacial score (nSPS) is 11.1. The quantitative estimate of drug-likeness (QED) is 0.727. The molecule has 1 heterocycles. The van der Waals surface area contributed by atoms with E-state index in [1.807, 2.05) is 24.3 Å². The lowest BCUT2D eigenvalue weighted by Crippen LogP contribution is -2.11. The molecule has 25 heavy (non-hydrogen) atoms. The zero-order valence-electron chi connectivity index (χ0n) is 13.4. The lowest BCUT2D eigenvalue weighted by atomic mass is 10.1. The van der Waals surface area contributed by atoms with E-state index >= 15 is 0 Å². The largest absolute Gasteiger partial charge is 0.496 e. The Morgan fingerprint density at radius 3 is 2.44 bits per heavy atom. The average molecular weight is 356 g/mol. The van der Waals surface area contributed by atoms with E-state index in [1.54, 1.807) is 31.5 Å². The van der Waals surface area contributed by atoms with E-state index in [-0.39, 0.29) is 4.90 Å². The summed E-state index contributed by atoms with van der Waals surface area (Å²) in [5, 5.41) is 8.12. The van der Waals surface area contributed by atoms with Gasteiger partial charge in [-0.1, -0.05) is 12.1 Å². The van der Waals surface area contributed by atoms with Gasteiger partial charge in [-0.05, 0) is 42.5 Å². The first-order valence-electron chi connectivity index (χ1n) is 7.34. The molecule has 0 bridgehead atoms. The fourth-order valence-electron chi connectivity index (χ4n) is 2.28. The molecule has 2 aromatic carbocycles. The third kappa shape index (κ3) is 3.93. The second-order valence-electron chi connectivity index (χ2n) is 5.16. The Hall–Kier alpha value is -2.97. The Balaban J connectivity index is 1.87. The van der Waals surface area contributed by atoms with Gasteiger partial charge in [0.2, 0.25) is 16.0 Å². The van der Waals surface area contributed by atoms with Crippen molar-refractivity contribution in [3.63, 3.8) is 0 Å². The van der Waals surface area contributed by atoms with Gasteiger partial charge in [-0.3, -0.25) is 0 Å². The van der Waals surface area contributed by atoms with Crippen LogP contribution in [0.5, 0.6) is 5.75 Å². The molecular formula is C17H16N4O3S. The number of benzene rings is 2. The molecule has 0 unspecified atom stereocenters. The van der Waals surface area contributed by atoms with Gasteiger partial charge in [0, 0.05) is 17.4 Å². The van der Waals surface area contributed by atoms with Gasteiger partial charge in [0.1, 0.15) is 5.75 Å². The average Bonchev–Trinajstić information content (AvgIpc) is 2.61. The van der Waals surface area contributed by atoms with Gasteiger partial charge in [0.05, 0.1) is 17.7 Å². The highest BCUT2D eigenvalue weighted by Crippen LogP contribution is 2.28. The van der Waals surface area contributed by atoms with Crippen LogP contribution in [0.2, 0.25) is 0 Å². The first-order chi connectivity index (χ1) is 12.0. The summed E-state index contributed by atoms with van der Waals surface area (Å²) in [5.41, 5.74) is 2.20. The number of primary sulfonamides is 1. The van der Waals surface area contributed by atoms with Crippen LogP contribution >= 0.6 is 0 Å². The zero-order valence-corrected chi connectivity index (χ0v) is 14.2. The molecule has 0 atom stereocenters. The molecular weight excluding hydrogens is 340 g/mol. The molecule has 8 heteroatoms. The van der Waals surface area contributed by atoms with E-state index in [1.165, 1.54) is 12.1 Å². The van der Waals surface area contributed by atoms with Crippen LogP contribution in [0, 0.1) is 0 Å². The highest BCUT2D eigenvalue weighted by Gasteiger charge is 2.09. The Morgan fingerprint density at radius 1 is 1.04 bits per heavy atom. The number of hydrogen-bond acceptors (Lipinski definition) is 6. The molecule has 0 spiro atoms. The Kier molecular flexibility index (Phi) is 4.64. The Labute approximate surface area is 145 Å². The number of sulfonamides is 1. The molecule has 7 nitrogen and oxygen atoms in total. The van der Waals surface area contributed by atoms with Crippen LogP contribution in [0.3, 0.4) is 0 Å². The summed E-state index contributed by atoms with van der Waals surface area (Å²) in [6, 6.07) is 15.4. The molecule has 3 aromatic rings. The molecule has 0 saturated heterocycles. The number of hydrogen-bond donors (Lipinski definition) is 2. The maximum atomic E-state index is 11.3. The summed E-state index contributed by atoms with van der Waals surface area (Å²) in [6.07, 6.45) is 1.63. The summed E-state index contributed by atoms with van der Waals surface area (Å²) in [5.74, 6) is 1.09. The standard InChI is InChI=1S/C17H16N4O3S/c1-24-16-5-3-2-4-14(16)15-10-11-19-17(21-15)20-12-6-8-13(9-7-12)25(18,22)23/h2-11H,1H3,(H2,18,22,23)(H,19,20,21). The Morgan fingerprint density at radius 2 is 1.76 bits per heavy atom. The lowest BCUT2D eigenvalue weighted by molar-refractivity contribution is 0.416. The second kappa shape index (κ2) is 6.88. The van der Waals surface area contributed by atoms with Gasteiger partial charge in [-0.2, -0.15) is 0 Å². The minimum Gasteiger partial charge on any atom is -0.496 e. The number of anilines is 2. The van der Waals surface area contributed by atoms with E-state index in [0.29, 0.717) is 23.1 Å². The summed E-state index contributed by atoms with van der Waals surface area (Å²) >= 11 is 0. The fourth-order valence-corrected chi connectivity index (χ4v) is 2.80. The highest BCUT2D eigenvalue weighted by molar-refractivity contribution is 7.89. The third-order valence-electron chi connectivity index (χ3n) is 3.48. The van der Waals surface area contributed by atoms with Crippen LogP contribution in [0.1, 0.15) is 0 Å². The predicted octanol–water partition coefficient (Wildman–Crippen LogP) is 2.54. The molecule has 0 aliphatic rings. The van der Waals surface area contributed by atoms with E-state index < -0.39 is 10.0 Å². The van der Waals surface area contributed by atoms with E-state index in [9.17, 15) is 8.42 Å². The van der Waals surface area contributed by atoms with Crippen molar-refractivity contribution in [2.45, 2.75) is 4.90 Å². The molecule has 0 aliphatic heterocycles. The predicted molar refractivity (Wildman–Crippen MR) is 95.1 cm³/mol. The highest BCUT2D eigenvalue weighted by atomic mass is 32.2. The minimum atomic E-state index is -3.72. The maximum absolute atomic E-state index is 11.3. The third-order valence-corrected chi connectivity index (χ3v) is 4.41. The molecule has 3 rings (SSSR count). The first-order valence-corrected chi connectivity index (χ1v) is 8.88. The van der Waals surface area contributed by atoms with Crippen molar-refractivity contribution in [1.29, 1.82) is 0 Å². The Bertz CT molecular complexity index is 989. The van der Waals surface area contributed by atoms with Gasteiger partial charge < -0.3 is 10.1 Å². The van der Waals surface area contributed by atoms with Crippen LogP contribution in [0.4, 0.5) is 11.6 Å². The number of methoxy groups -OCH3 is 1. The van der Waals surface area contributed by atoms with Crippen LogP contribution in [0.15, 0.2) is 65.7 Å². The smallest absolute Gasteiger partial charge is 0.238 e. The molecule has 128 valence electrons. The van der Waals surface area contributed by atoms with Crippen molar-refractivity contribution in [3.8, 4) is 17.0 Å². The van der Waals surface area contributed by atoms with Gasteiger partial charge >= 0.3 is 0 Å². The SMILES string of the molecule is COc1ccccc1-c1ccnc(Nc2ccc(S(N)(=O)=O)cc2)n1. The van der Waals surface area contributed by atoms with Crippen molar-refractivity contribution in [2.75, 3.05) is 12.4 Å². The minimum absolute atomic E-state index is 0.0433. The van der Waals surface area contributed by atoms with Crippen LogP contribution in [-0.2, 0) is 10.0 Å². The van der Waals surface area contributed by atoms with Gasteiger partial charge in [-0.25, -0.2) is 23.5 Å². The number of aromatic nitrogens is 2. The molecule has 0 amide bonds. The molecule has 0 saturated carbocycles. The number of nitrogens with one attached hydrogen (secondary N) is 1. The van der Waals surface area contributed by atoms with Crippen molar-refractivity contribution in [1.82, 2.24) is 9.97 Å². The van der Waals surface area contributed by atoms with Crippen molar-refractivity contribution >= 4 is 21.7 Å². The monoisotopic (exact) mass is 356 g/mol. The molecule has 1 aromatic heterocycles. The number of nitrogens with two attached hydrogens (primary N) is 1. The van der Waals surface area contributed by atoms with Gasteiger partial charge in [0.25, 0.3) is 0 Å². The summed E-state index contributed by atoms with van der Waals surface area (Å²) in [4.78, 5) is 8.70. The number of ether oxygens (including phenoxy) is 1. The van der Waals surface area contributed by atoms with E-state index in [0.717, 1.165) is 5.56 Å². The van der Waals surface area contributed by atoms with Crippen molar-refractivity contribution in [3.05, 3.63) is 60.8 Å². The first kappa shape index (κ1) is 16.9. The number of nitrogens with zero attached hydrogens (tertiary/aromatic N) is 2. The van der Waals surface area contributed by atoms with Crippen LogP contribution < -0.4 is 15.2 Å². The summed E-state index contributed by atoms with van der Waals surface area (Å²) in [7, 11) is -2.11. The van der Waals surface area contributed by atoms with Crippen molar-refractivity contribution in [2.24, 2.45) is 5.14 Å². The topological polar surface area (TPSA) is 107 Å². The summed E-state index contributed by atoms with van der Waals surface area (Å²) in [6.45, 7) is 0. The van der Waals surface area contributed by atoms with E-state index in [2.05, 4.69) is 15.3 Å². The van der Waals surface area contributed by atoms with Crippen molar-refractivity contribution < 1.29 is 13.2 Å². The lowest BCUT2D eigenvalue weighted by Gasteiger charge is -2.09. The van der Waals surface area contributed by atoms with Crippen LogP contribution in [0.25, 0.3) is 11.3 Å². The summed E-state index contributed by atoms with van der Waals surface area (Å²) < 4.78 is 27.9. The molecule has 0 fully saturated rings. The van der Waals surface area contributed by atoms with E-state index in [4.69, 9.17) is 9.88 Å². The maximum Gasteiger partial charge on any atom is 0.238 e. The number of rotatable bonds is 5. The zero-order chi connectivity index (χ0) is 17.9. The molecule has 0 aliphatic carbocycles. The number of para-hydroxylation sites is 1. The van der Waals surface area contributed by atoms with Gasteiger partial charge in [0.15, 0.2) is 0 Å². The molecule has 3 N–H and O–H groups in total. The molecule has 0 radical (unpaired) electrons. The van der Waals surface area contributed by atoms with Gasteiger partial charge in [-0.15, -0.1) is 0 Å². The van der Waals surface area contributed by atoms with Crippen LogP contribution in [-0.4, -0.2) is 25.5 Å². The second-order valence-corrected chi connectivity index (χ2v) is 6.72. The fraction of sp³-hybridized carbons (Fsp3) is 0.0588.